The first-order chi connectivity index (χ1) is 32.4. The van der Waals surface area contributed by atoms with Gasteiger partial charge < -0.3 is 34.5 Å². The summed E-state index contributed by atoms with van der Waals surface area (Å²) < 4.78 is 23.5. The highest BCUT2D eigenvalue weighted by Crippen LogP contribution is 2.38. The van der Waals surface area contributed by atoms with Crippen LogP contribution in [0.25, 0.3) is 0 Å². The van der Waals surface area contributed by atoms with Crippen LogP contribution in [0, 0.1) is 30.1 Å². The number of rotatable bonds is 22. The van der Waals surface area contributed by atoms with Crippen molar-refractivity contribution in [3.63, 3.8) is 0 Å². The zero-order valence-electron chi connectivity index (χ0n) is 45.6. The summed E-state index contributed by atoms with van der Waals surface area (Å²) >= 11 is 5.80. The Morgan fingerprint density at radius 3 is 2.03 bits per heavy atom. The van der Waals surface area contributed by atoms with Crippen molar-refractivity contribution in [3.8, 4) is 5.75 Å². The van der Waals surface area contributed by atoms with E-state index in [9.17, 15) is 19.2 Å². The highest BCUT2D eigenvalue weighted by molar-refractivity contribution is 6.32. The second-order valence-electron chi connectivity index (χ2n) is 20.0. The van der Waals surface area contributed by atoms with Gasteiger partial charge in [-0.25, -0.2) is 9.59 Å². The van der Waals surface area contributed by atoms with Gasteiger partial charge in [-0.15, -0.1) is 0 Å². The third-order valence-electron chi connectivity index (χ3n) is 12.0. The van der Waals surface area contributed by atoms with Crippen LogP contribution in [0.3, 0.4) is 0 Å². The van der Waals surface area contributed by atoms with Crippen LogP contribution >= 0.6 is 11.6 Å². The third-order valence-corrected chi connectivity index (χ3v) is 12.3. The summed E-state index contributed by atoms with van der Waals surface area (Å²) in [6.07, 6.45) is 7.13. The lowest BCUT2D eigenvalue weighted by Crippen LogP contribution is -2.49. The van der Waals surface area contributed by atoms with Gasteiger partial charge in [-0.3, -0.25) is 14.5 Å². The van der Waals surface area contributed by atoms with E-state index in [2.05, 4.69) is 74.4 Å². The molecular weight excluding hydrogens is 892 g/mol. The van der Waals surface area contributed by atoms with E-state index in [0.29, 0.717) is 49.7 Å². The Hall–Kier alpha value is -4.55. The molecule has 1 aliphatic rings. The Morgan fingerprint density at radius 1 is 0.899 bits per heavy atom. The van der Waals surface area contributed by atoms with Gasteiger partial charge in [0, 0.05) is 65.1 Å². The fourth-order valence-corrected chi connectivity index (χ4v) is 8.37. The van der Waals surface area contributed by atoms with Gasteiger partial charge in [-0.2, -0.15) is 0 Å². The molecule has 2 aromatic rings. The van der Waals surface area contributed by atoms with Crippen LogP contribution in [0.2, 0.25) is 5.02 Å². The number of ether oxygens (including phenoxy) is 4. The van der Waals surface area contributed by atoms with Gasteiger partial charge in [0.1, 0.15) is 23.2 Å². The van der Waals surface area contributed by atoms with Crippen LogP contribution in [0.4, 0.5) is 4.79 Å². The van der Waals surface area contributed by atoms with Gasteiger partial charge in [0.2, 0.25) is 11.8 Å². The van der Waals surface area contributed by atoms with Crippen molar-refractivity contribution in [3.05, 3.63) is 88.2 Å². The molecule has 2 N–H and O–H groups in total. The summed E-state index contributed by atoms with van der Waals surface area (Å²) in [6.45, 7) is 33.9. The molecule has 0 radical (unpaired) electrons. The van der Waals surface area contributed by atoms with Gasteiger partial charge in [-0.1, -0.05) is 124 Å². The molecule has 12 nitrogen and oxygen atoms in total. The summed E-state index contributed by atoms with van der Waals surface area (Å²) in [5, 5.41) is 6.20. The Labute approximate surface area is 422 Å². The van der Waals surface area contributed by atoms with Crippen LogP contribution in [-0.4, -0.2) is 98.4 Å². The molecular formula is C56H91ClN4O8. The van der Waals surface area contributed by atoms with E-state index >= 15 is 0 Å². The summed E-state index contributed by atoms with van der Waals surface area (Å²) in [4.78, 5) is 54.9. The first-order valence-corrected chi connectivity index (χ1v) is 25.6. The number of nitrogens with zero attached hydrogens (tertiary/aromatic N) is 2. The second kappa shape index (κ2) is 31.6. The first kappa shape index (κ1) is 62.5. The summed E-state index contributed by atoms with van der Waals surface area (Å²) in [5.41, 5.74) is 2.53. The number of carbonyl (C=O) groups excluding carboxylic acids is 4. The summed E-state index contributed by atoms with van der Waals surface area (Å²) in [6, 6.07) is 14.5. The minimum absolute atomic E-state index is 0.0410. The number of methoxy groups -OCH3 is 1. The van der Waals surface area contributed by atoms with Crippen LogP contribution in [0.5, 0.6) is 5.75 Å². The molecule has 1 heterocycles. The topological polar surface area (TPSA) is 136 Å². The number of benzene rings is 2. The molecule has 5 unspecified atom stereocenters. The van der Waals surface area contributed by atoms with Crippen molar-refractivity contribution in [1.29, 1.82) is 0 Å². The number of carbonyl (C=O) groups is 4. The van der Waals surface area contributed by atoms with Gasteiger partial charge >= 0.3 is 12.1 Å². The van der Waals surface area contributed by atoms with Crippen LogP contribution in [-0.2, 0) is 35.1 Å². The lowest BCUT2D eigenvalue weighted by atomic mass is 9.74. The first-order valence-electron chi connectivity index (χ1n) is 25.2. The number of halogens is 1. The van der Waals surface area contributed by atoms with E-state index in [-0.39, 0.29) is 41.6 Å². The minimum Gasteiger partial charge on any atom is -0.495 e. The number of aryl methyl sites for hydroxylation is 1. The van der Waals surface area contributed by atoms with Crippen molar-refractivity contribution in [2.45, 2.75) is 166 Å². The Balaban J connectivity index is 0.00000173. The number of allylic oxidation sites excluding steroid dienone is 1. The van der Waals surface area contributed by atoms with E-state index in [1.54, 1.807) is 25.1 Å². The predicted octanol–water partition coefficient (Wildman–Crippen LogP) is 12.1. The van der Waals surface area contributed by atoms with E-state index in [0.717, 1.165) is 43.8 Å². The highest BCUT2D eigenvalue weighted by atomic mass is 35.5. The number of amides is 3. The smallest absolute Gasteiger partial charge is 0.410 e. The lowest BCUT2D eigenvalue weighted by molar-refractivity contribution is -0.166. The minimum atomic E-state index is -0.841. The Bertz CT molecular complexity index is 1900. The van der Waals surface area contributed by atoms with E-state index in [1.807, 2.05) is 86.6 Å². The monoisotopic (exact) mass is 983 g/mol. The quantitative estimate of drug-likeness (QED) is 0.0671. The van der Waals surface area contributed by atoms with Gasteiger partial charge in [-0.05, 0) is 112 Å². The molecule has 0 bridgehead atoms. The number of hydrogen-bond donors (Lipinski definition) is 2. The Kier molecular flexibility index (Phi) is 28.6. The number of piperazine rings is 1. The van der Waals surface area contributed by atoms with Crippen LogP contribution < -0.4 is 15.4 Å². The molecule has 3 rings (SSSR count). The maximum Gasteiger partial charge on any atom is 0.410 e. The van der Waals surface area contributed by atoms with Gasteiger partial charge in [0.15, 0.2) is 6.10 Å². The third kappa shape index (κ3) is 23.3. The number of nitrogens with one attached hydrogen (secondary N) is 2. The van der Waals surface area contributed by atoms with Crippen LogP contribution in [0.1, 0.15) is 152 Å². The average Bonchev–Trinajstić information content (AvgIpc) is 3.29. The highest BCUT2D eigenvalue weighted by Gasteiger charge is 2.36. The molecule has 13 heteroatoms. The second-order valence-corrected chi connectivity index (χ2v) is 20.4. The van der Waals surface area contributed by atoms with Crippen LogP contribution in [0.15, 0.2) is 66.5 Å². The standard InChI is InChI=1S/C46H76N4O7.C8H9ClO.C2H6/c1-14-17-38(33(5)37-23-21-36(22-24-37)30-49-25-27-50(28-26-49)44(54)57-45(8,9)10)34(6)39(19-16-20-42(52)47-13)56-43(53)40(29-32(3)4)55-41(18-15-2)46(11,12)31-48-35(7)51;1-6-3-4-8(10-2)7(9)5-6;1-2/h16,18,20-24,32-34,38-40H,14-15,17,19,25-31H2,1-13H3,(H,47,52)(H,48,51);3-5H,1-2H3;1-2H3/b20-16+,41-18-;;. The molecule has 5 atom stereocenters. The molecule has 69 heavy (non-hydrogen) atoms. The molecule has 0 saturated carbocycles. The van der Waals surface area contributed by atoms with Crippen molar-refractivity contribution >= 4 is 35.5 Å². The maximum atomic E-state index is 14.2. The van der Waals surface area contributed by atoms with Crippen molar-refractivity contribution in [2.75, 3.05) is 46.9 Å². The van der Waals surface area contributed by atoms with E-state index in [4.69, 9.17) is 30.5 Å². The van der Waals surface area contributed by atoms with E-state index < -0.39 is 29.2 Å². The van der Waals surface area contributed by atoms with Gasteiger partial charge in [0.05, 0.1) is 12.1 Å². The molecule has 2 aromatic carbocycles. The predicted molar refractivity (Wildman–Crippen MR) is 282 cm³/mol. The fourth-order valence-electron chi connectivity index (χ4n) is 8.06. The van der Waals surface area contributed by atoms with Gasteiger partial charge in [0.25, 0.3) is 0 Å². The van der Waals surface area contributed by atoms with E-state index in [1.165, 1.54) is 24.1 Å². The molecule has 0 spiro atoms. The molecule has 1 aliphatic heterocycles. The van der Waals surface area contributed by atoms with Crippen molar-refractivity contribution < 1.29 is 38.1 Å². The molecule has 0 aromatic heterocycles. The average molecular weight is 984 g/mol. The van der Waals surface area contributed by atoms with Crippen molar-refractivity contribution in [1.82, 2.24) is 20.4 Å². The largest absolute Gasteiger partial charge is 0.495 e. The molecule has 390 valence electrons. The fraction of sp³-hybridized carbons (Fsp3) is 0.643. The molecule has 0 aliphatic carbocycles. The summed E-state index contributed by atoms with van der Waals surface area (Å²) in [7, 11) is 3.20. The maximum absolute atomic E-state index is 14.2. The zero-order valence-corrected chi connectivity index (χ0v) is 46.3. The Morgan fingerprint density at radius 2 is 1.52 bits per heavy atom. The zero-order chi connectivity index (χ0) is 52.5. The lowest BCUT2D eigenvalue weighted by Gasteiger charge is -2.36. The normalized spacial score (nSPS) is 15.6. The van der Waals surface area contributed by atoms with Crippen molar-refractivity contribution in [2.24, 2.45) is 23.2 Å². The number of likely N-dealkylation sites (N-methyl/N-ethyl adjacent to an activating group) is 1. The molecule has 1 fully saturated rings. The number of esters is 1. The SMILES string of the molecule is CC.CC/C=C(\OC(CC(C)C)C(=O)OC(C/C=C/C(=O)NC)C(C)C(CCC)C(C)c1ccc(CN2CCN(C(=O)OC(C)(C)C)CC2)cc1)C(C)(C)CNC(C)=O.COc1ccc(C)cc1Cl. The summed E-state index contributed by atoms with van der Waals surface area (Å²) in [5.74, 6) is 1.08. The molecule has 1 saturated heterocycles. The molecule has 3 amide bonds. The number of hydrogen-bond acceptors (Lipinski definition) is 9.